The van der Waals surface area contributed by atoms with Crippen molar-refractivity contribution in [1.82, 2.24) is 9.97 Å². The van der Waals surface area contributed by atoms with Gasteiger partial charge in [0.25, 0.3) is 0 Å². The first kappa shape index (κ1) is 13.3. The van der Waals surface area contributed by atoms with Crippen LogP contribution in [0.5, 0.6) is 0 Å². The highest BCUT2D eigenvalue weighted by atomic mass is 15.1. The molecule has 0 bridgehead atoms. The third-order valence-electron chi connectivity index (χ3n) is 4.29. The van der Waals surface area contributed by atoms with E-state index in [0.717, 1.165) is 22.5 Å². The van der Waals surface area contributed by atoms with E-state index in [1.807, 2.05) is 31.2 Å². The number of hydrogen-bond donors (Lipinski definition) is 2. The van der Waals surface area contributed by atoms with Crippen LogP contribution in [0, 0.1) is 12.8 Å². The van der Waals surface area contributed by atoms with Gasteiger partial charge in [-0.15, -0.1) is 0 Å². The van der Waals surface area contributed by atoms with E-state index in [1.54, 1.807) is 0 Å². The van der Waals surface area contributed by atoms with Crippen LogP contribution in [0.2, 0.25) is 0 Å². The SMILES string of the molecule is Cc1nc2ccccc2nc1NC(CN)C1CCCC1. The number of hydrogen-bond acceptors (Lipinski definition) is 4. The summed E-state index contributed by atoms with van der Waals surface area (Å²) >= 11 is 0. The Morgan fingerprint density at radius 1 is 1.20 bits per heavy atom. The van der Waals surface area contributed by atoms with Gasteiger partial charge in [0, 0.05) is 12.6 Å². The first-order chi connectivity index (χ1) is 9.78. The van der Waals surface area contributed by atoms with Crippen LogP contribution in [0.25, 0.3) is 11.0 Å². The Hall–Kier alpha value is -1.68. The van der Waals surface area contributed by atoms with Gasteiger partial charge < -0.3 is 11.1 Å². The van der Waals surface area contributed by atoms with Gasteiger partial charge in [-0.2, -0.15) is 0 Å². The predicted octanol–water partition coefficient (Wildman–Crippen LogP) is 2.87. The largest absolute Gasteiger partial charge is 0.364 e. The monoisotopic (exact) mass is 270 g/mol. The molecule has 106 valence electrons. The van der Waals surface area contributed by atoms with E-state index < -0.39 is 0 Å². The molecule has 1 atom stereocenters. The molecule has 2 aromatic rings. The number of anilines is 1. The van der Waals surface area contributed by atoms with Gasteiger partial charge in [-0.3, -0.25) is 0 Å². The molecule has 1 unspecified atom stereocenters. The number of aromatic nitrogens is 2. The molecular weight excluding hydrogens is 248 g/mol. The van der Waals surface area contributed by atoms with Crippen molar-refractivity contribution >= 4 is 16.9 Å². The average molecular weight is 270 g/mol. The van der Waals surface area contributed by atoms with Crippen LogP contribution >= 0.6 is 0 Å². The number of nitrogens with one attached hydrogen (secondary N) is 1. The Kier molecular flexibility index (Phi) is 3.83. The molecule has 1 aromatic carbocycles. The van der Waals surface area contributed by atoms with Crippen molar-refractivity contribution in [2.24, 2.45) is 11.7 Å². The van der Waals surface area contributed by atoms with Crippen LogP contribution < -0.4 is 11.1 Å². The molecule has 1 saturated carbocycles. The molecular formula is C16H22N4. The lowest BCUT2D eigenvalue weighted by atomic mass is 9.98. The van der Waals surface area contributed by atoms with Crippen LogP contribution in [0.15, 0.2) is 24.3 Å². The van der Waals surface area contributed by atoms with E-state index in [2.05, 4.69) is 10.3 Å². The average Bonchev–Trinajstić information content (AvgIpc) is 2.99. The van der Waals surface area contributed by atoms with Gasteiger partial charge >= 0.3 is 0 Å². The van der Waals surface area contributed by atoms with Crippen LogP contribution in [0.4, 0.5) is 5.82 Å². The number of para-hydroxylation sites is 2. The van der Waals surface area contributed by atoms with Gasteiger partial charge in [-0.1, -0.05) is 25.0 Å². The molecule has 0 radical (unpaired) electrons. The topological polar surface area (TPSA) is 63.8 Å². The molecule has 4 nitrogen and oxygen atoms in total. The zero-order chi connectivity index (χ0) is 13.9. The summed E-state index contributed by atoms with van der Waals surface area (Å²) in [5.41, 5.74) is 8.78. The number of benzene rings is 1. The van der Waals surface area contributed by atoms with Crippen molar-refractivity contribution in [2.75, 3.05) is 11.9 Å². The minimum absolute atomic E-state index is 0.312. The smallest absolute Gasteiger partial charge is 0.148 e. The van der Waals surface area contributed by atoms with Crippen molar-refractivity contribution < 1.29 is 0 Å². The summed E-state index contributed by atoms with van der Waals surface area (Å²) in [6.07, 6.45) is 5.19. The van der Waals surface area contributed by atoms with E-state index in [9.17, 15) is 0 Å². The number of fused-ring (bicyclic) bond motifs is 1. The second-order valence-electron chi connectivity index (χ2n) is 5.68. The molecule has 0 amide bonds. The minimum atomic E-state index is 0.312. The highest BCUT2D eigenvalue weighted by Crippen LogP contribution is 2.29. The maximum atomic E-state index is 5.95. The third-order valence-corrected chi connectivity index (χ3v) is 4.29. The maximum absolute atomic E-state index is 5.95. The molecule has 1 aliphatic carbocycles. The van der Waals surface area contributed by atoms with Crippen molar-refractivity contribution in [1.29, 1.82) is 0 Å². The first-order valence-electron chi connectivity index (χ1n) is 7.48. The first-order valence-corrected chi connectivity index (χ1v) is 7.48. The fourth-order valence-electron chi connectivity index (χ4n) is 3.13. The molecule has 1 fully saturated rings. The number of nitrogens with zero attached hydrogens (tertiary/aromatic N) is 2. The predicted molar refractivity (Wildman–Crippen MR) is 82.7 cm³/mol. The molecule has 1 aromatic heterocycles. The lowest BCUT2D eigenvalue weighted by Crippen LogP contribution is -2.35. The second-order valence-corrected chi connectivity index (χ2v) is 5.68. The zero-order valence-corrected chi connectivity index (χ0v) is 12.0. The third kappa shape index (κ3) is 2.61. The maximum Gasteiger partial charge on any atom is 0.148 e. The van der Waals surface area contributed by atoms with E-state index >= 15 is 0 Å². The molecule has 0 spiro atoms. The second kappa shape index (κ2) is 5.75. The summed E-state index contributed by atoms with van der Waals surface area (Å²) in [5, 5.41) is 3.53. The Morgan fingerprint density at radius 2 is 1.85 bits per heavy atom. The normalized spacial score (nSPS) is 17.5. The lowest BCUT2D eigenvalue weighted by Gasteiger charge is -2.24. The van der Waals surface area contributed by atoms with Gasteiger partial charge in [0.05, 0.1) is 16.7 Å². The Bertz CT molecular complexity index is 590. The molecule has 1 heterocycles. The van der Waals surface area contributed by atoms with Gasteiger partial charge in [0.15, 0.2) is 0 Å². The van der Waals surface area contributed by atoms with E-state index in [4.69, 9.17) is 10.7 Å². The quantitative estimate of drug-likeness (QED) is 0.896. The van der Waals surface area contributed by atoms with Crippen molar-refractivity contribution in [2.45, 2.75) is 38.6 Å². The molecule has 1 aliphatic rings. The summed E-state index contributed by atoms with van der Waals surface area (Å²) in [7, 11) is 0. The summed E-state index contributed by atoms with van der Waals surface area (Å²) in [5.74, 6) is 1.55. The summed E-state index contributed by atoms with van der Waals surface area (Å²) < 4.78 is 0. The van der Waals surface area contributed by atoms with Crippen LogP contribution in [0.3, 0.4) is 0 Å². The lowest BCUT2D eigenvalue weighted by molar-refractivity contribution is 0.461. The molecule has 3 rings (SSSR count). The molecule has 4 heteroatoms. The molecule has 0 aliphatic heterocycles. The Morgan fingerprint density at radius 3 is 2.50 bits per heavy atom. The Labute approximate surface area is 119 Å². The molecule has 20 heavy (non-hydrogen) atoms. The number of aryl methyl sites for hydroxylation is 1. The fourth-order valence-corrected chi connectivity index (χ4v) is 3.13. The summed E-state index contributed by atoms with van der Waals surface area (Å²) in [6.45, 7) is 2.66. The van der Waals surface area contributed by atoms with Gasteiger partial charge in [0.1, 0.15) is 5.82 Å². The summed E-state index contributed by atoms with van der Waals surface area (Å²) in [6, 6.07) is 8.29. The molecule has 3 N–H and O–H groups in total. The van der Waals surface area contributed by atoms with Gasteiger partial charge in [0.2, 0.25) is 0 Å². The minimum Gasteiger partial charge on any atom is -0.364 e. The van der Waals surface area contributed by atoms with Crippen LogP contribution in [0.1, 0.15) is 31.4 Å². The van der Waals surface area contributed by atoms with Gasteiger partial charge in [-0.05, 0) is 37.8 Å². The number of rotatable bonds is 4. The Balaban J connectivity index is 1.87. The zero-order valence-electron chi connectivity index (χ0n) is 12.0. The standard InChI is InChI=1S/C16H22N4/c1-11-16(19-14-9-5-4-8-13(14)18-11)20-15(10-17)12-6-2-3-7-12/h4-5,8-9,12,15H,2-3,6-7,10,17H2,1H3,(H,19,20). The van der Waals surface area contributed by atoms with Crippen molar-refractivity contribution in [3.63, 3.8) is 0 Å². The van der Waals surface area contributed by atoms with Crippen LogP contribution in [-0.4, -0.2) is 22.6 Å². The van der Waals surface area contributed by atoms with Crippen molar-refractivity contribution in [3.8, 4) is 0 Å². The highest BCUT2D eigenvalue weighted by molar-refractivity contribution is 5.76. The van der Waals surface area contributed by atoms with E-state index in [0.29, 0.717) is 18.5 Å². The van der Waals surface area contributed by atoms with Gasteiger partial charge in [-0.25, -0.2) is 9.97 Å². The van der Waals surface area contributed by atoms with E-state index in [1.165, 1.54) is 25.7 Å². The number of nitrogens with two attached hydrogens (primary N) is 1. The fraction of sp³-hybridized carbons (Fsp3) is 0.500. The molecule has 0 saturated heterocycles. The van der Waals surface area contributed by atoms with Crippen LogP contribution in [-0.2, 0) is 0 Å². The highest BCUT2D eigenvalue weighted by Gasteiger charge is 2.24. The van der Waals surface area contributed by atoms with E-state index in [-0.39, 0.29) is 0 Å². The summed E-state index contributed by atoms with van der Waals surface area (Å²) in [4.78, 5) is 9.33. The van der Waals surface area contributed by atoms with Crippen molar-refractivity contribution in [3.05, 3.63) is 30.0 Å².